The van der Waals surface area contributed by atoms with Crippen LogP contribution in [-0.2, 0) is 0 Å². The summed E-state index contributed by atoms with van der Waals surface area (Å²) in [6.45, 7) is 4.49. The van der Waals surface area contributed by atoms with Gasteiger partial charge >= 0.3 is 6.03 Å². The molecule has 0 aliphatic carbocycles. The smallest absolute Gasteiger partial charge is 0.320 e. The monoisotopic (exact) mass is 336 g/mol. The van der Waals surface area contributed by atoms with E-state index in [-0.39, 0.29) is 18.6 Å². The van der Waals surface area contributed by atoms with Gasteiger partial charge in [0.25, 0.3) is 0 Å². The van der Waals surface area contributed by atoms with Crippen molar-refractivity contribution in [2.75, 3.05) is 18.5 Å². The molecule has 0 aliphatic heterocycles. The minimum absolute atomic E-state index is 0.119. The topological polar surface area (TPSA) is 79.2 Å². The van der Waals surface area contributed by atoms with Crippen molar-refractivity contribution in [3.05, 3.63) is 41.0 Å². The number of aromatic nitrogens is 2. The minimum atomic E-state index is -0.314. The summed E-state index contributed by atoms with van der Waals surface area (Å²) in [7, 11) is 0. The maximum Gasteiger partial charge on any atom is 0.320 e. The molecule has 2 amide bonds. The van der Waals surface area contributed by atoms with Crippen molar-refractivity contribution in [3.63, 3.8) is 0 Å². The molecule has 0 saturated heterocycles. The third-order valence-corrected chi connectivity index (χ3v) is 3.65. The van der Waals surface area contributed by atoms with Gasteiger partial charge in [-0.1, -0.05) is 24.6 Å². The van der Waals surface area contributed by atoms with Crippen molar-refractivity contribution >= 4 is 23.4 Å². The fourth-order valence-corrected chi connectivity index (χ4v) is 2.34. The van der Waals surface area contributed by atoms with Crippen molar-refractivity contribution in [2.24, 2.45) is 5.92 Å². The molecule has 124 valence electrons. The number of carbonyl (C=O) groups is 1. The molecule has 1 aromatic carbocycles. The number of hydrogen-bond acceptors (Lipinski definition) is 3. The highest BCUT2D eigenvalue weighted by Gasteiger charge is 2.10. The number of nitrogens with one attached hydrogen (secondary N) is 2. The van der Waals surface area contributed by atoms with Crippen LogP contribution >= 0.6 is 11.6 Å². The van der Waals surface area contributed by atoms with E-state index in [0.29, 0.717) is 23.8 Å². The average molecular weight is 337 g/mol. The van der Waals surface area contributed by atoms with Crippen LogP contribution in [0.2, 0.25) is 5.02 Å². The number of amides is 2. The SMILES string of the molecule is Cc1cc(NC(=O)NCC(C)CCO)nn1-c1cccc(Cl)c1. The zero-order chi connectivity index (χ0) is 16.8. The lowest BCUT2D eigenvalue weighted by molar-refractivity contribution is 0.243. The number of aryl methyl sites for hydroxylation is 1. The van der Waals surface area contributed by atoms with E-state index in [9.17, 15) is 4.79 Å². The molecule has 1 unspecified atom stereocenters. The zero-order valence-corrected chi connectivity index (χ0v) is 14.0. The van der Waals surface area contributed by atoms with Crippen molar-refractivity contribution in [1.82, 2.24) is 15.1 Å². The van der Waals surface area contributed by atoms with Crippen LogP contribution in [0.5, 0.6) is 0 Å². The number of nitrogens with zero attached hydrogens (tertiary/aromatic N) is 2. The van der Waals surface area contributed by atoms with Gasteiger partial charge in [0.2, 0.25) is 0 Å². The molecule has 23 heavy (non-hydrogen) atoms. The van der Waals surface area contributed by atoms with Gasteiger partial charge in [-0.25, -0.2) is 9.48 Å². The molecule has 0 radical (unpaired) electrons. The lowest BCUT2D eigenvalue weighted by atomic mass is 10.1. The lowest BCUT2D eigenvalue weighted by Gasteiger charge is -2.11. The number of hydrogen-bond donors (Lipinski definition) is 3. The molecule has 1 heterocycles. The van der Waals surface area contributed by atoms with Crippen molar-refractivity contribution < 1.29 is 9.90 Å². The first-order valence-corrected chi connectivity index (χ1v) is 7.85. The van der Waals surface area contributed by atoms with Crippen LogP contribution in [0.25, 0.3) is 5.69 Å². The maximum absolute atomic E-state index is 11.9. The van der Waals surface area contributed by atoms with Crippen molar-refractivity contribution in [1.29, 1.82) is 0 Å². The fourth-order valence-electron chi connectivity index (χ4n) is 2.15. The van der Waals surface area contributed by atoms with Gasteiger partial charge in [0.1, 0.15) is 0 Å². The Balaban J connectivity index is 1.99. The van der Waals surface area contributed by atoms with Gasteiger partial charge in [0.15, 0.2) is 5.82 Å². The summed E-state index contributed by atoms with van der Waals surface area (Å²) < 4.78 is 1.72. The van der Waals surface area contributed by atoms with Crippen LogP contribution in [0.3, 0.4) is 0 Å². The Morgan fingerprint density at radius 2 is 2.22 bits per heavy atom. The van der Waals surface area contributed by atoms with Crippen LogP contribution < -0.4 is 10.6 Å². The van der Waals surface area contributed by atoms with Crippen LogP contribution in [-0.4, -0.2) is 34.1 Å². The highest BCUT2D eigenvalue weighted by Crippen LogP contribution is 2.18. The summed E-state index contributed by atoms with van der Waals surface area (Å²) in [6, 6.07) is 8.82. The Kier molecular flexibility index (Phi) is 6.01. The summed E-state index contributed by atoms with van der Waals surface area (Å²) in [5.74, 6) is 0.686. The summed E-state index contributed by atoms with van der Waals surface area (Å²) in [4.78, 5) is 11.9. The van der Waals surface area contributed by atoms with E-state index in [4.69, 9.17) is 16.7 Å². The molecule has 2 rings (SSSR count). The van der Waals surface area contributed by atoms with Crippen molar-refractivity contribution in [3.8, 4) is 5.69 Å². The number of halogens is 1. The number of aliphatic hydroxyl groups excluding tert-OH is 1. The van der Waals surface area contributed by atoms with E-state index in [1.807, 2.05) is 32.0 Å². The van der Waals surface area contributed by atoms with Gasteiger partial charge in [-0.15, -0.1) is 5.10 Å². The Morgan fingerprint density at radius 3 is 2.91 bits per heavy atom. The molecule has 0 spiro atoms. The number of benzene rings is 1. The molecule has 0 fully saturated rings. The van der Waals surface area contributed by atoms with E-state index in [1.54, 1.807) is 16.8 Å². The quantitative estimate of drug-likeness (QED) is 0.758. The van der Waals surface area contributed by atoms with Gasteiger partial charge in [-0.2, -0.15) is 0 Å². The van der Waals surface area contributed by atoms with Crippen LogP contribution in [0.4, 0.5) is 10.6 Å². The Hall–Kier alpha value is -2.05. The number of aliphatic hydroxyl groups is 1. The Labute approximate surface area is 140 Å². The molecule has 6 nitrogen and oxygen atoms in total. The lowest BCUT2D eigenvalue weighted by Crippen LogP contribution is -2.32. The molecule has 0 saturated carbocycles. The molecule has 3 N–H and O–H groups in total. The predicted octanol–water partition coefficient (Wildman–Crippen LogP) is 2.97. The normalized spacial score (nSPS) is 12.0. The summed E-state index contributed by atoms with van der Waals surface area (Å²) in [6.07, 6.45) is 0.656. The van der Waals surface area contributed by atoms with Gasteiger partial charge in [0.05, 0.1) is 5.69 Å². The minimum Gasteiger partial charge on any atom is -0.396 e. The van der Waals surface area contributed by atoms with E-state index in [1.165, 1.54) is 0 Å². The Morgan fingerprint density at radius 1 is 1.43 bits per heavy atom. The number of rotatable bonds is 6. The van der Waals surface area contributed by atoms with Crippen LogP contribution in [0.1, 0.15) is 19.0 Å². The maximum atomic E-state index is 11.9. The largest absolute Gasteiger partial charge is 0.396 e. The van der Waals surface area contributed by atoms with E-state index < -0.39 is 0 Å². The number of carbonyl (C=O) groups excluding carboxylic acids is 1. The van der Waals surface area contributed by atoms with E-state index in [2.05, 4.69) is 15.7 Å². The highest BCUT2D eigenvalue weighted by atomic mass is 35.5. The number of urea groups is 1. The van der Waals surface area contributed by atoms with E-state index in [0.717, 1.165) is 11.4 Å². The zero-order valence-electron chi connectivity index (χ0n) is 13.2. The summed E-state index contributed by atoms with van der Waals surface area (Å²) >= 11 is 6.00. The Bertz CT molecular complexity index is 672. The second-order valence-electron chi connectivity index (χ2n) is 5.52. The first kappa shape index (κ1) is 17.3. The molecular formula is C16H21ClN4O2. The molecular weight excluding hydrogens is 316 g/mol. The first-order chi connectivity index (χ1) is 11.0. The summed E-state index contributed by atoms with van der Waals surface area (Å²) in [5, 5.41) is 19.3. The van der Waals surface area contributed by atoms with Crippen LogP contribution in [0, 0.1) is 12.8 Å². The molecule has 2 aromatic rings. The van der Waals surface area contributed by atoms with Gasteiger partial charge in [0, 0.05) is 29.9 Å². The third kappa shape index (κ3) is 4.97. The van der Waals surface area contributed by atoms with Gasteiger partial charge < -0.3 is 10.4 Å². The molecule has 7 heteroatoms. The fraction of sp³-hybridized carbons (Fsp3) is 0.375. The van der Waals surface area contributed by atoms with Gasteiger partial charge in [-0.3, -0.25) is 5.32 Å². The second kappa shape index (κ2) is 7.99. The molecule has 1 aromatic heterocycles. The van der Waals surface area contributed by atoms with Gasteiger partial charge in [-0.05, 0) is 37.5 Å². The van der Waals surface area contributed by atoms with Crippen LogP contribution in [0.15, 0.2) is 30.3 Å². The molecule has 0 bridgehead atoms. The first-order valence-electron chi connectivity index (χ1n) is 7.48. The highest BCUT2D eigenvalue weighted by molar-refractivity contribution is 6.30. The molecule has 0 aliphatic rings. The predicted molar refractivity (Wildman–Crippen MR) is 91.2 cm³/mol. The second-order valence-corrected chi connectivity index (χ2v) is 5.95. The van der Waals surface area contributed by atoms with E-state index >= 15 is 0 Å². The summed E-state index contributed by atoms with van der Waals surface area (Å²) in [5.41, 5.74) is 1.72. The van der Waals surface area contributed by atoms with Crippen molar-refractivity contribution in [2.45, 2.75) is 20.3 Å². The molecule has 1 atom stereocenters. The third-order valence-electron chi connectivity index (χ3n) is 3.41. The average Bonchev–Trinajstić information content (AvgIpc) is 2.86. The standard InChI is InChI=1S/C16H21ClN4O2/c1-11(6-7-22)10-18-16(23)19-15-8-12(2)21(20-15)14-5-3-4-13(17)9-14/h3-5,8-9,11,22H,6-7,10H2,1-2H3,(H2,18,19,20,23). The number of anilines is 1.